The van der Waals surface area contributed by atoms with E-state index in [1.807, 2.05) is 11.3 Å². The van der Waals surface area contributed by atoms with Gasteiger partial charge in [0.2, 0.25) is 0 Å². The number of thiophene rings is 1. The molecule has 0 bridgehead atoms. The second-order valence-corrected chi connectivity index (χ2v) is 9.65. The number of fused-ring (bicyclic) bond motifs is 3. The number of rotatable bonds is 5. The van der Waals surface area contributed by atoms with E-state index in [1.165, 1.54) is 46.3 Å². The van der Waals surface area contributed by atoms with E-state index >= 15 is 0 Å². The smallest absolute Gasteiger partial charge is 0.134 e. The van der Waals surface area contributed by atoms with Crippen LogP contribution in [0.5, 0.6) is 0 Å². The molecule has 0 unspecified atom stereocenters. The summed E-state index contributed by atoms with van der Waals surface area (Å²) in [4.78, 5) is 13.9. The van der Waals surface area contributed by atoms with Crippen molar-refractivity contribution in [1.29, 1.82) is 0 Å². The molecule has 1 saturated heterocycles. The average molecular weight is 413 g/mol. The number of nitrogens with zero attached hydrogens (tertiary/aromatic N) is 3. The molecule has 1 N–H and O–H groups in total. The maximum atomic E-state index is 6.27. The first-order valence-corrected chi connectivity index (χ1v) is 11.5. The van der Waals surface area contributed by atoms with E-state index in [-0.39, 0.29) is 12.3 Å². The van der Waals surface area contributed by atoms with Crippen molar-refractivity contribution in [3.63, 3.8) is 0 Å². The van der Waals surface area contributed by atoms with Gasteiger partial charge in [-0.05, 0) is 42.5 Å². The molecular weight excluding hydrogens is 388 g/mol. The highest BCUT2D eigenvalue weighted by Crippen LogP contribution is 2.40. The van der Waals surface area contributed by atoms with Crippen molar-refractivity contribution in [3.05, 3.63) is 46.6 Å². The van der Waals surface area contributed by atoms with Crippen LogP contribution < -0.4 is 10.2 Å². The molecule has 3 aromatic rings. The molecule has 2 aliphatic rings. The van der Waals surface area contributed by atoms with E-state index in [0.717, 1.165) is 22.2 Å². The molecule has 0 amide bonds. The van der Waals surface area contributed by atoms with Crippen molar-refractivity contribution >= 4 is 39.0 Å². The van der Waals surface area contributed by atoms with Gasteiger partial charge < -0.3 is 9.64 Å². The Balaban J connectivity index is 1.25. The third-order valence-corrected chi connectivity index (χ3v) is 7.77. The van der Waals surface area contributed by atoms with E-state index in [2.05, 4.69) is 58.5 Å². The Kier molecular flexibility index (Phi) is 5.00. The molecule has 1 aliphatic heterocycles. The molecule has 5 rings (SSSR count). The summed E-state index contributed by atoms with van der Waals surface area (Å²) in [5.74, 6) is 0.899. The van der Waals surface area contributed by atoms with Crippen molar-refractivity contribution in [1.82, 2.24) is 15.3 Å². The van der Waals surface area contributed by atoms with Crippen molar-refractivity contribution in [3.8, 4) is 0 Å². The molecular formula is C21H24N4OS2. The number of hydrogen-bond acceptors (Lipinski definition) is 7. The lowest BCUT2D eigenvalue weighted by atomic mass is 10.2. The van der Waals surface area contributed by atoms with E-state index < -0.39 is 0 Å². The van der Waals surface area contributed by atoms with Gasteiger partial charge in [0.15, 0.2) is 0 Å². The summed E-state index contributed by atoms with van der Waals surface area (Å²) >= 11 is 3.65. The highest BCUT2D eigenvalue weighted by molar-refractivity contribution is 7.99. The van der Waals surface area contributed by atoms with E-state index in [0.29, 0.717) is 0 Å². The number of ether oxygens (including phenoxy) is 1. The molecule has 5 nitrogen and oxygen atoms in total. The second-order valence-electron chi connectivity index (χ2n) is 7.56. The summed E-state index contributed by atoms with van der Waals surface area (Å²) in [6, 6.07) is 8.56. The van der Waals surface area contributed by atoms with Gasteiger partial charge in [0.25, 0.3) is 0 Å². The normalized spacial score (nSPS) is 21.4. The Labute approximate surface area is 173 Å². The van der Waals surface area contributed by atoms with Crippen LogP contribution in [-0.2, 0) is 17.6 Å². The Morgan fingerprint density at radius 1 is 1.21 bits per heavy atom. The minimum Gasteiger partial charge on any atom is -0.378 e. The topological polar surface area (TPSA) is 50.3 Å². The Morgan fingerprint density at radius 3 is 2.89 bits per heavy atom. The van der Waals surface area contributed by atoms with Crippen molar-refractivity contribution in [2.24, 2.45) is 0 Å². The molecule has 1 fully saturated rings. The molecule has 28 heavy (non-hydrogen) atoms. The van der Waals surface area contributed by atoms with Gasteiger partial charge in [0, 0.05) is 42.3 Å². The lowest BCUT2D eigenvalue weighted by molar-refractivity contribution is 0.0535. The van der Waals surface area contributed by atoms with Gasteiger partial charge >= 0.3 is 0 Å². The molecule has 2 aromatic heterocycles. The monoisotopic (exact) mass is 412 g/mol. The third kappa shape index (κ3) is 3.41. The number of hydrogen-bond donors (Lipinski definition) is 1. The van der Waals surface area contributed by atoms with Crippen molar-refractivity contribution in [2.45, 2.75) is 36.6 Å². The van der Waals surface area contributed by atoms with Gasteiger partial charge in [0.05, 0.1) is 6.10 Å². The molecule has 0 saturated carbocycles. The van der Waals surface area contributed by atoms with Crippen LogP contribution in [0, 0.1) is 0 Å². The van der Waals surface area contributed by atoms with Crippen LogP contribution in [0.25, 0.3) is 10.2 Å². The highest BCUT2D eigenvalue weighted by Gasteiger charge is 2.27. The van der Waals surface area contributed by atoms with Crippen LogP contribution in [-0.4, -0.2) is 42.5 Å². The van der Waals surface area contributed by atoms with Crippen LogP contribution in [0.3, 0.4) is 0 Å². The largest absolute Gasteiger partial charge is 0.378 e. The minimum atomic E-state index is -0.0300. The molecule has 0 spiro atoms. The van der Waals surface area contributed by atoms with Crippen LogP contribution in [0.4, 0.5) is 5.69 Å². The molecule has 3 heterocycles. The van der Waals surface area contributed by atoms with Gasteiger partial charge in [-0.15, -0.1) is 23.1 Å². The summed E-state index contributed by atoms with van der Waals surface area (Å²) in [6.45, 7) is 0.864. The Hall–Kier alpha value is -1.67. The zero-order chi connectivity index (χ0) is 19.1. The van der Waals surface area contributed by atoms with Gasteiger partial charge in [0.1, 0.15) is 22.4 Å². The average Bonchev–Trinajstić information content (AvgIpc) is 3.42. The van der Waals surface area contributed by atoms with Gasteiger partial charge in [-0.25, -0.2) is 9.97 Å². The Bertz CT molecular complexity index is 986. The number of aromatic nitrogens is 2. The third-order valence-electron chi connectivity index (χ3n) is 5.44. The summed E-state index contributed by atoms with van der Waals surface area (Å²) in [7, 11) is 4.11. The van der Waals surface area contributed by atoms with E-state index in [4.69, 9.17) is 4.74 Å². The number of benzene rings is 1. The van der Waals surface area contributed by atoms with Crippen molar-refractivity contribution in [2.75, 3.05) is 31.3 Å². The predicted molar refractivity (Wildman–Crippen MR) is 117 cm³/mol. The second kappa shape index (κ2) is 7.63. The fraction of sp³-hybridized carbons (Fsp3) is 0.429. The summed E-state index contributed by atoms with van der Waals surface area (Å²) in [5.41, 5.74) is 3.87. The van der Waals surface area contributed by atoms with Gasteiger partial charge in [-0.2, -0.15) is 0 Å². The first-order chi connectivity index (χ1) is 13.7. The quantitative estimate of drug-likeness (QED) is 0.504. The molecule has 146 valence electrons. The lowest BCUT2D eigenvalue weighted by Gasteiger charge is -2.16. The van der Waals surface area contributed by atoms with Gasteiger partial charge in [-0.1, -0.05) is 12.1 Å². The summed E-state index contributed by atoms with van der Waals surface area (Å²) < 4.78 is 6.27. The van der Waals surface area contributed by atoms with Crippen LogP contribution in [0.15, 0.2) is 35.6 Å². The zero-order valence-corrected chi connectivity index (χ0v) is 17.8. The van der Waals surface area contributed by atoms with Crippen LogP contribution in [0.1, 0.15) is 28.7 Å². The fourth-order valence-electron chi connectivity index (χ4n) is 3.95. The zero-order valence-electron chi connectivity index (χ0n) is 16.1. The fourth-order valence-corrected chi connectivity index (χ4v) is 6.27. The summed E-state index contributed by atoms with van der Waals surface area (Å²) in [6.07, 6.45) is 5.49. The Morgan fingerprint density at radius 2 is 2.07 bits per heavy atom. The van der Waals surface area contributed by atoms with Crippen LogP contribution in [0.2, 0.25) is 0 Å². The SMILES string of the molecule is CN(C)c1ccc([C@@H]2NC[C@@H](CSc3ncnc4sc5c(c34)CCC5)O2)cc1. The lowest BCUT2D eigenvalue weighted by Crippen LogP contribution is -2.17. The van der Waals surface area contributed by atoms with Gasteiger partial charge in [-0.3, -0.25) is 5.32 Å². The van der Waals surface area contributed by atoms with Crippen LogP contribution >= 0.6 is 23.1 Å². The first kappa shape index (κ1) is 18.4. The van der Waals surface area contributed by atoms with Crippen molar-refractivity contribution < 1.29 is 4.74 Å². The number of thioether (sulfide) groups is 1. The molecule has 7 heteroatoms. The maximum Gasteiger partial charge on any atom is 0.134 e. The first-order valence-electron chi connectivity index (χ1n) is 9.73. The number of aryl methyl sites for hydroxylation is 2. The highest BCUT2D eigenvalue weighted by atomic mass is 32.2. The molecule has 0 radical (unpaired) electrons. The van der Waals surface area contributed by atoms with E-state index in [1.54, 1.807) is 18.1 Å². The minimum absolute atomic E-state index is 0.0300. The standard InChI is InChI=1S/C21H24N4OS2/c1-25(2)14-8-6-13(7-9-14)19-22-10-15(26-19)11-27-20-18-16-4-3-5-17(16)28-21(18)24-12-23-20/h6-9,12,15,19,22H,3-5,10-11H2,1-2H3/t15-,19+/m0/s1. The molecule has 1 aromatic carbocycles. The molecule has 2 atom stereocenters. The van der Waals surface area contributed by atoms with E-state index in [9.17, 15) is 0 Å². The predicted octanol–water partition coefficient (Wildman–Crippen LogP) is 4.03. The summed E-state index contributed by atoms with van der Waals surface area (Å²) in [5, 5.41) is 5.92. The maximum absolute atomic E-state index is 6.27. The number of anilines is 1. The number of nitrogens with one attached hydrogen (secondary N) is 1. The molecule has 1 aliphatic carbocycles.